The molecule has 0 atom stereocenters. The fraction of sp³-hybridized carbons (Fsp3) is 0.750. The number of rotatable bonds is 18. The molecule has 0 radical (unpaired) electrons. The van der Waals surface area contributed by atoms with E-state index < -0.39 is 0 Å². The van der Waals surface area contributed by atoms with Gasteiger partial charge in [0.25, 0.3) is 0 Å². The zero-order valence-corrected chi connectivity index (χ0v) is 28.5. The molecule has 0 amide bonds. The van der Waals surface area contributed by atoms with E-state index in [1.54, 1.807) is 0 Å². The monoisotopic (exact) mass is 589 g/mol. The average molecular weight is 589 g/mol. The quantitative estimate of drug-likeness (QED) is 0.162. The molecule has 2 fully saturated rings. The first kappa shape index (κ1) is 34.0. The van der Waals surface area contributed by atoms with Gasteiger partial charge in [0.2, 0.25) is 0 Å². The molecule has 43 heavy (non-hydrogen) atoms. The Balaban J connectivity index is 1.48. The summed E-state index contributed by atoms with van der Waals surface area (Å²) in [5, 5.41) is 0. The van der Waals surface area contributed by atoms with Gasteiger partial charge in [0.05, 0.1) is 12.4 Å². The van der Waals surface area contributed by atoms with Crippen molar-refractivity contribution >= 4 is 0 Å². The van der Waals surface area contributed by atoms with Crippen LogP contribution in [0.2, 0.25) is 0 Å². The predicted molar refractivity (Wildman–Crippen MR) is 183 cm³/mol. The lowest BCUT2D eigenvalue weighted by Gasteiger charge is -2.28. The van der Waals surface area contributed by atoms with Gasteiger partial charge in [-0.15, -0.1) is 0 Å². The topological polar surface area (TPSA) is 35.0 Å². The minimum atomic E-state index is 0.789. The van der Waals surface area contributed by atoms with E-state index in [0.717, 1.165) is 60.9 Å². The molecule has 0 aromatic carbocycles. The van der Waals surface area contributed by atoms with E-state index >= 15 is 0 Å². The molecule has 4 rings (SSSR count). The second-order valence-electron chi connectivity index (χ2n) is 14.3. The minimum Gasteiger partial charge on any atom is -0.454 e. The van der Waals surface area contributed by atoms with E-state index in [9.17, 15) is 0 Å². The highest BCUT2D eigenvalue weighted by Gasteiger charge is 2.23. The zero-order valence-electron chi connectivity index (χ0n) is 28.5. The number of unbranched alkanes of at least 4 members (excludes halogenated alkanes) is 6. The van der Waals surface area contributed by atoms with Crippen molar-refractivity contribution in [3.63, 3.8) is 0 Å². The van der Waals surface area contributed by atoms with E-state index in [-0.39, 0.29) is 0 Å². The van der Waals surface area contributed by atoms with Gasteiger partial charge in [-0.25, -0.2) is 0 Å². The van der Waals surface area contributed by atoms with Crippen LogP contribution in [-0.2, 0) is 25.7 Å². The molecule has 2 aliphatic carbocycles. The van der Waals surface area contributed by atoms with Crippen molar-refractivity contribution < 1.29 is 4.74 Å². The summed E-state index contributed by atoms with van der Waals surface area (Å²) in [6.07, 6.45) is 32.5. The molecule has 0 saturated heterocycles. The predicted octanol–water partition coefficient (Wildman–Crippen LogP) is 12.0. The van der Waals surface area contributed by atoms with Crippen LogP contribution in [0.15, 0.2) is 24.5 Å². The fourth-order valence-corrected chi connectivity index (χ4v) is 7.83. The molecular formula is C40H64N2O. The van der Waals surface area contributed by atoms with Gasteiger partial charge in [-0.3, -0.25) is 9.97 Å². The highest BCUT2D eigenvalue weighted by molar-refractivity contribution is 5.36. The van der Waals surface area contributed by atoms with Crippen molar-refractivity contribution in [1.29, 1.82) is 0 Å². The van der Waals surface area contributed by atoms with Crippen molar-refractivity contribution in [2.24, 2.45) is 23.7 Å². The summed E-state index contributed by atoms with van der Waals surface area (Å²) in [6.45, 7) is 9.30. The maximum Gasteiger partial charge on any atom is 0.146 e. The number of aryl methyl sites for hydroxylation is 2. The van der Waals surface area contributed by atoms with Crippen LogP contribution in [0, 0.1) is 23.7 Å². The third-order valence-corrected chi connectivity index (χ3v) is 10.9. The van der Waals surface area contributed by atoms with Crippen LogP contribution in [0.1, 0.15) is 166 Å². The number of pyridine rings is 2. The van der Waals surface area contributed by atoms with Gasteiger partial charge in [0.15, 0.2) is 0 Å². The SMILES string of the molecule is CCCCCCc1ncc(Oc2cnc(CCCCCC)c(CC3CCC(CC)CC3)c2)cc1CC1CCC(CC)CC1. The lowest BCUT2D eigenvalue weighted by atomic mass is 9.78. The van der Waals surface area contributed by atoms with Crippen LogP contribution in [0.5, 0.6) is 11.5 Å². The summed E-state index contributed by atoms with van der Waals surface area (Å²) in [4.78, 5) is 10.1. The fourth-order valence-electron chi connectivity index (χ4n) is 7.83. The molecule has 0 unspecified atom stereocenters. The van der Waals surface area contributed by atoms with Crippen LogP contribution >= 0.6 is 0 Å². The van der Waals surface area contributed by atoms with Crippen LogP contribution in [0.4, 0.5) is 0 Å². The van der Waals surface area contributed by atoms with E-state index in [0.29, 0.717) is 0 Å². The first-order valence-corrected chi connectivity index (χ1v) is 18.7. The first-order chi connectivity index (χ1) is 21.1. The lowest BCUT2D eigenvalue weighted by Crippen LogP contribution is -2.17. The van der Waals surface area contributed by atoms with Crippen molar-refractivity contribution in [2.75, 3.05) is 0 Å². The normalized spacial score (nSPS) is 22.5. The Bertz CT molecular complexity index is 965. The van der Waals surface area contributed by atoms with E-state index in [2.05, 4.69) is 39.8 Å². The summed E-state index contributed by atoms with van der Waals surface area (Å²) in [7, 11) is 0. The molecule has 0 spiro atoms. The van der Waals surface area contributed by atoms with E-state index in [4.69, 9.17) is 14.7 Å². The molecule has 2 aromatic rings. The Morgan fingerprint density at radius 1 is 0.535 bits per heavy atom. The molecule has 0 N–H and O–H groups in total. The molecule has 2 aliphatic rings. The Morgan fingerprint density at radius 3 is 1.30 bits per heavy atom. The molecule has 0 bridgehead atoms. The summed E-state index contributed by atoms with van der Waals surface area (Å²) in [5.74, 6) is 5.24. The Morgan fingerprint density at radius 2 is 0.930 bits per heavy atom. The van der Waals surface area contributed by atoms with E-state index in [1.807, 2.05) is 12.4 Å². The number of ether oxygens (including phenoxy) is 1. The number of aromatic nitrogens is 2. The zero-order chi connectivity index (χ0) is 30.3. The van der Waals surface area contributed by atoms with Gasteiger partial charge >= 0.3 is 0 Å². The summed E-state index contributed by atoms with van der Waals surface area (Å²) < 4.78 is 6.58. The highest BCUT2D eigenvalue weighted by Crippen LogP contribution is 2.36. The van der Waals surface area contributed by atoms with Crippen LogP contribution in [-0.4, -0.2) is 9.97 Å². The van der Waals surface area contributed by atoms with Gasteiger partial charge in [-0.2, -0.15) is 0 Å². The standard InChI is InChI=1S/C40H64N2O/c1-5-9-11-13-15-39-35(25-33-21-17-31(7-3)18-22-33)27-37(29-41-39)43-38-28-36(26-34-23-19-32(8-4)20-24-34)40(42-30-38)16-14-12-10-6-2/h27-34H,5-26H2,1-4H3. The van der Waals surface area contributed by atoms with Crippen LogP contribution < -0.4 is 4.74 Å². The van der Waals surface area contributed by atoms with Crippen LogP contribution in [0.3, 0.4) is 0 Å². The highest BCUT2D eigenvalue weighted by atomic mass is 16.5. The summed E-state index contributed by atoms with van der Waals surface area (Å²) in [5.41, 5.74) is 5.49. The van der Waals surface area contributed by atoms with E-state index in [1.165, 1.54) is 138 Å². The second kappa shape index (κ2) is 18.8. The van der Waals surface area contributed by atoms with Gasteiger partial charge in [-0.1, -0.05) is 105 Å². The van der Waals surface area contributed by atoms with Gasteiger partial charge in [0, 0.05) is 11.4 Å². The molecular weight excluding hydrogens is 524 g/mol. The molecule has 3 nitrogen and oxygen atoms in total. The molecule has 0 aliphatic heterocycles. The summed E-state index contributed by atoms with van der Waals surface area (Å²) >= 11 is 0. The minimum absolute atomic E-state index is 0.789. The molecule has 2 aromatic heterocycles. The molecule has 240 valence electrons. The Labute approximate surface area is 265 Å². The average Bonchev–Trinajstić information content (AvgIpc) is 3.04. The molecule has 2 heterocycles. The van der Waals surface area contributed by atoms with Crippen molar-refractivity contribution in [3.8, 4) is 11.5 Å². The third-order valence-electron chi connectivity index (χ3n) is 10.9. The maximum atomic E-state index is 6.58. The Hall–Kier alpha value is -1.90. The third kappa shape index (κ3) is 11.2. The second-order valence-corrected chi connectivity index (χ2v) is 14.3. The lowest BCUT2D eigenvalue weighted by molar-refractivity contribution is 0.267. The maximum absolute atomic E-state index is 6.58. The van der Waals surface area contributed by atoms with Crippen LogP contribution in [0.25, 0.3) is 0 Å². The number of hydrogen-bond donors (Lipinski definition) is 0. The van der Waals surface area contributed by atoms with Crippen molar-refractivity contribution in [3.05, 3.63) is 47.0 Å². The van der Waals surface area contributed by atoms with Crippen molar-refractivity contribution in [1.82, 2.24) is 9.97 Å². The number of nitrogens with zero attached hydrogens (tertiary/aromatic N) is 2. The van der Waals surface area contributed by atoms with Gasteiger partial charge in [-0.05, 0) is 111 Å². The van der Waals surface area contributed by atoms with Gasteiger partial charge < -0.3 is 4.74 Å². The largest absolute Gasteiger partial charge is 0.454 e. The Kier molecular flexibility index (Phi) is 14.9. The smallest absolute Gasteiger partial charge is 0.146 e. The summed E-state index contributed by atoms with van der Waals surface area (Å²) in [6, 6.07) is 4.66. The molecule has 2 saturated carbocycles. The van der Waals surface area contributed by atoms with Crippen molar-refractivity contribution in [2.45, 2.75) is 169 Å². The van der Waals surface area contributed by atoms with Gasteiger partial charge in [0.1, 0.15) is 11.5 Å². The number of hydrogen-bond acceptors (Lipinski definition) is 3. The molecule has 3 heteroatoms. The first-order valence-electron chi connectivity index (χ1n) is 18.7.